The third-order valence-corrected chi connectivity index (χ3v) is 3.83. The zero-order valence-corrected chi connectivity index (χ0v) is 14.6. The number of amides is 1. The van der Waals surface area contributed by atoms with Gasteiger partial charge in [0.05, 0.1) is 5.56 Å². The highest BCUT2D eigenvalue weighted by atomic mass is 16.5. The average molecular weight is 325 g/mol. The van der Waals surface area contributed by atoms with E-state index in [4.69, 9.17) is 4.74 Å². The lowest BCUT2D eigenvalue weighted by atomic mass is 10.00. The quantitative estimate of drug-likeness (QED) is 0.857. The smallest absolute Gasteiger partial charge is 0.339 e. The van der Waals surface area contributed by atoms with Crippen molar-refractivity contribution in [3.63, 3.8) is 0 Å². The second-order valence-corrected chi connectivity index (χ2v) is 6.11. The van der Waals surface area contributed by atoms with Crippen molar-refractivity contribution >= 4 is 11.9 Å². The second-order valence-electron chi connectivity index (χ2n) is 6.11. The topological polar surface area (TPSA) is 55.4 Å². The van der Waals surface area contributed by atoms with Crippen LogP contribution in [0.2, 0.25) is 0 Å². The number of rotatable bonds is 5. The molecule has 4 nitrogen and oxygen atoms in total. The van der Waals surface area contributed by atoms with Gasteiger partial charge in [-0.3, -0.25) is 4.79 Å². The zero-order chi connectivity index (χ0) is 17.7. The van der Waals surface area contributed by atoms with E-state index in [1.165, 1.54) is 5.56 Å². The van der Waals surface area contributed by atoms with Crippen molar-refractivity contribution in [3.05, 3.63) is 69.8 Å². The van der Waals surface area contributed by atoms with E-state index < -0.39 is 5.97 Å². The Morgan fingerprint density at radius 1 is 0.917 bits per heavy atom. The number of benzene rings is 2. The number of ether oxygens (including phenoxy) is 1. The molecule has 0 aromatic heterocycles. The van der Waals surface area contributed by atoms with Crippen LogP contribution in [0.25, 0.3) is 0 Å². The molecule has 0 fully saturated rings. The SMILES string of the molecule is Cc1ccc(CNC(=O)COC(=O)c2c(C)cc(C)cc2C)cc1. The van der Waals surface area contributed by atoms with Gasteiger partial charge in [-0.25, -0.2) is 4.79 Å². The van der Waals surface area contributed by atoms with Crippen LogP contribution in [0.15, 0.2) is 36.4 Å². The highest BCUT2D eigenvalue weighted by molar-refractivity contribution is 5.94. The summed E-state index contributed by atoms with van der Waals surface area (Å²) in [7, 11) is 0. The number of carbonyl (C=O) groups is 2. The van der Waals surface area contributed by atoms with Gasteiger partial charge in [0, 0.05) is 6.54 Å². The Balaban J connectivity index is 1.87. The molecule has 0 aliphatic carbocycles. The van der Waals surface area contributed by atoms with Gasteiger partial charge in [0.2, 0.25) is 0 Å². The Hall–Kier alpha value is -2.62. The second kappa shape index (κ2) is 7.77. The molecule has 1 amide bonds. The molecule has 126 valence electrons. The lowest BCUT2D eigenvalue weighted by molar-refractivity contribution is -0.124. The summed E-state index contributed by atoms with van der Waals surface area (Å²) < 4.78 is 5.15. The van der Waals surface area contributed by atoms with Crippen LogP contribution in [0.5, 0.6) is 0 Å². The van der Waals surface area contributed by atoms with E-state index in [2.05, 4.69) is 5.32 Å². The van der Waals surface area contributed by atoms with Gasteiger partial charge in [-0.05, 0) is 44.4 Å². The highest BCUT2D eigenvalue weighted by Crippen LogP contribution is 2.17. The summed E-state index contributed by atoms with van der Waals surface area (Å²) >= 11 is 0. The molecule has 0 heterocycles. The van der Waals surface area contributed by atoms with Crippen molar-refractivity contribution < 1.29 is 14.3 Å². The van der Waals surface area contributed by atoms with Crippen molar-refractivity contribution in [2.24, 2.45) is 0 Å². The Morgan fingerprint density at radius 3 is 2.08 bits per heavy atom. The molecule has 1 N–H and O–H groups in total. The molecular weight excluding hydrogens is 302 g/mol. The predicted octanol–water partition coefficient (Wildman–Crippen LogP) is 3.39. The number of hydrogen-bond donors (Lipinski definition) is 1. The molecule has 2 rings (SSSR count). The Bertz CT molecular complexity index is 725. The van der Waals surface area contributed by atoms with E-state index in [0.29, 0.717) is 12.1 Å². The van der Waals surface area contributed by atoms with Crippen LogP contribution in [0.3, 0.4) is 0 Å². The Kier molecular flexibility index (Phi) is 5.74. The lowest BCUT2D eigenvalue weighted by Crippen LogP contribution is -2.28. The largest absolute Gasteiger partial charge is 0.452 e. The molecule has 0 saturated carbocycles. The molecule has 2 aromatic carbocycles. The molecule has 0 aliphatic rings. The maximum absolute atomic E-state index is 12.2. The van der Waals surface area contributed by atoms with Crippen LogP contribution in [-0.2, 0) is 16.1 Å². The molecule has 0 bridgehead atoms. The number of nitrogens with one attached hydrogen (secondary N) is 1. The van der Waals surface area contributed by atoms with Gasteiger partial charge in [-0.15, -0.1) is 0 Å². The molecule has 0 radical (unpaired) electrons. The Morgan fingerprint density at radius 2 is 1.50 bits per heavy atom. The summed E-state index contributed by atoms with van der Waals surface area (Å²) in [6.07, 6.45) is 0. The lowest BCUT2D eigenvalue weighted by Gasteiger charge is -2.11. The van der Waals surface area contributed by atoms with E-state index in [1.54, 1.807) is 0 Å². The fraction of sp³-hybridized carbons (Fsp3) is 0.300. The van der Waals surface area contributed by atoms with Crippen LogP contribution in [0, 0.1) is 27.7 Å². The summed E-state index contributed by atoms with van der Waals surface area (Å²) in [6.45, 7) is 7.86. The number of carbonyl (C=O) groups excluding carboxylic acids is 2. The average Bonchev–Trinajstić information content (AvgIpc) is 2.51. The van der Waals surface area contributed by atoms with Crippen molar-refractivity contribution in [3.8, 4) is 0 Å². The van der Waals surface area contributed by atoms with E-state index in [0.717, 1.165) is 22.3 Å². The van der Waals surface area contributed by atoms with Crippen LogP contribution >= 0.6 is 0 Å². The van der Waals surface area contributed by atoms with Gasteiger partial charge in [0.15, 0.2) is 6.61 Å². The van der Waals surface area contributed by atoms with Crippen LogP contribution in [-0.4, -0.2) is 18.5 Å². The molecule has 0 spiro atoms. The standard InChI is InChI=1S/C20H23NO3/c1-13-5-7-17(8-6-13)11-21-18(22)12-24-20(23)19-15(3)9-14(2)10-16(19)4/h5-10H,11-12H2,1-4H3,(H,21,22). The number of hydrogen-bond acceptors (Lipinski definition) is 3. The summed E-state index contributed by atoms with van der Waals surface area (Å²) in [5.74, 6) is -0.776. The molecule has 24 heavy (non-hydrogen) atoms. The first-order valence-corrected chi connectivity index (χ1v) is 7.94. The summed E-state index contributed by atoms with van der Waals surface area (Å²) in [6, 6.07) is 11.8. The summed E-state index contributed by atoms with van der Waals surface area (Å²) in [4.78, 5) is 24.1. The molecule has 0 saturated heterocycles. The van der Waals surface area contributed by atoms with Crippen molar-refractivity contribution in [1.82, 2.24) is 5.32 Å². The van der Waals surface area contributed by atoms with Gasteiger partial charge in [0.1, 0.15) is 0 Å². The molecule has 4 heteroatoms. The van der Waals surface area contributed by atoms with E-state index >= 15 is 0 Å². The maximum atomic E-state index is 12.2. The van der Waals surface area contributed by atoms with Crippen molar-refractivity contribution in [1.29, 1.82) is 0 Å². The summed E-state index contributed by atoms with van der Waals surface area (Å²) in [5, 5.41) is 2.75. The van der Waals surface area contributed by atoms with Crippen molar-refractivity contribution in [2.75, 3.05) is 6.61 Å². The molecular formula is C20H23NO3. The first-order chi connectivity index (χ1) is 11.4. The predicted molar refractivity (Wildman–Crippen MR) is 94.0 cm³/mol. The van der Waals surface area contributed by atoms with E-state index in [9.17, 15) is 9.59 Å². The van der Waals surface area contributed by atoms with Gasteiger partial charge >= 0.3 is 5.97 Å². The fourth-order valence-electron chi connectivity index (χ4n) is 2.66. The van der Waals surface area contributed by atoms with Gasteiger partial charge < -0.3 is 10.1 Å². The Labute approximate surface area is 142 Å². The number of esters is 1. The van der Waals surface area contributed by atoms with Gasteiger partial charge in [-0.1, -0.05) is 47.5 Å². The minimum atomic E-state index is -0.463. The van der Waals surface area contributed by atoms with Crippen LogP contribution in [0.4, 0.5) is 0 Å². The summed E-state index contributed by atoms with van der Waals surface area (Å²) in [5.41, 5.74) is 5.52. The minimum absolute atomic E-state index is 0.280. The maximum Gasteiger partial charge on any atom is 0.339 e. The normalized spacial score (nSPS) is 10.3. The molecule has 0 aliphatic heterocycles. The number of aryl methyl sites for hydroxylation is 4. The minimum Gasteiger partial charge on any atom is -0.452 e. The van der Waals surface area contributed by atoms with E-state index in [1.807, 2.05) is 64.1 Å². The first kappa shape index (κ1) is 17.7. The molecule has 0 unspecified atom stereocenters. The third kappa shape index (κ3) is 4.69. The van der Waals surface area contributed by atoms with E-state index in [-0.39, 0.29) is 12.5 Å². The first-order valence-electron chi connectivity index (χ1n) is 7.94. The van der Waals surface area contributed by atoms with Crippen molar-refractivity contribution in [2.45, 2.75) is 34.2 Å². The van der Waals surface area contributed by atoms with Gasteiger partial charge in [-0.2, -0.15) is 0 Å². The third-order valence-electron chi connectivity index (χ3n) is 3.83. The molecule has 2 aromatic rings. The molecule has 0 atom stereocenters. The van der Waals surface area contributed by atoms with Crippen LogP contribution in [0.1, 0.15) is 38.2 Å². The fourth-order valence-corrected chi connectivity index (χ4v) is 2.66. The van der Waals surface area contributed by atoms with Gasteiger partial charge in [0.25, 0.3) is 5.91 Å². The highest BCUT2D eigenvalue weighted by Gasteiger charge is 2.15. The zero-order valence-electron chi connectivity index (χ0n) is 14.6. The van der Waals surface area contributed by atoms with Crippen LogP contribution < -0.4 is 5.32 Å². The monoisotopic (exact) mass is 325 g/mol.